The van der Waals surface area contributed by atoms with Gasteiger partial charge in [-0.25, -0.2) is 13.2 Å². The summed E-state index contributed by atoms with van der Waals surface area (Å²) in [4.78, 5) is 25.4. The lowest BCUT2D eigenvalue weighted by atomic mass is 9.86. The molecule has 42 heavy (non-hydrogen) atoms. The van der Waals surface area contributed by atoms with E-state index in [4.69, 9.17) is 9.47 Å². The van der Waals surface area contributed by atoms with E-state index in [1.807, 2.05) is 44.2 Å². The molecule has 0 aliphatic carbocycles. The molecule has 2 aromatic carbocycles. The van der Waals surface area contributed by atoms with Gasteiger partial charge in [-0.1, -0.05) is 44.2 Å². The number of nitrogens with zero attached hydrogens (tertiary/aromatic N) is 2. The average Bonchev–Trinajstić information content (AvgIpc) is 3.46. The van der Waals surface area contributed by atoms with Crippen molar-refractivity contribution in [1.29, 1.82) is 0 Å². The molecule has 1 fully saturated rings. The first-order valence-corrected chi connectivity index (χ1v) is 15.7. The summed E-state index contributed by atoms with van der Waals surface area (Å²) in [6.07, 6.45) is -0.266. The van der Waals surface area contributed by atoms with Gasteiger partial charge in [0.25, 0.3) is 0 Å². The van der Waals surface area contributed by atoms with E-state index < -0.39 is 39.7 Å². The largest absolute Gasteiger partial charge is 0.497 e. The van der Waals surface area contributed by atoms with Crippen LogP contribution in [0, 0.1) is 5.41 Å². The highest BCUT2D eigenvalue weighted by Crippen LogP contribution is 2.30. The topological polar surface area (TPSA) is 134 Å². The molecule has 1 aliphatic heterocycles. The summed E-state index contributed by atoms with van der Waals surface area (Å²) in [7, 11) is -2.61. The van der Waals surface area contributed by atoms with Crippen molar-refractivity contribution < 1.29 is 37.7 Å². The van der Waals surface area contributed by atoms with Crippen LogP contribution in [0.3, 0.4) is 0 Å². The van der Waals surface area contributed by atoms with Crippen LogP contribution in [-0.4, -0.2) is 91.3 Å². The van der Waals surface area contributed by atoms with Crippen molar-refractivity contribution in [3.8, 4) is 5.75 Å². The van der Waals surface area contributed by atoms with Gasteiger partial charge >= 0.3 is 6.09 Å². The van der Waals surface area contributed by atoms with E-state index in [2.05, 4.69) is 0 Å². The first-order valence-electron chi connectivity index (χ1n) is 14.3. The third-order valence-electron chi connectivity index (χ3n) is 7.68. The van der Waals surface area contributed by atoms with Crippen molar-refractivity contribution in [3.05, 3.63) is 60.2 Å². The Morgan fingerprint density at radius 2 is 1.79 bits per heavy atom. The van der Waals surface area contributed by atoms with Gasteiger partial charge in [0.2, 0.25) is 10.0 Å². The third kappa shape index (κ3) is 9.26. The van der Waals surface area contributed by atoms with E-state index in [-0.39, 0.29) is 36.8 Å². The number of carboxylic acid groups (broad SMARTS) is 1. The molecule has 1 aliphatic rings. The van der Waals surface area contributed by atoms with E-state index in [1.54, 1.807) is 12.1 Å². The minimum absolute atomic E-state index is 0.0360. The van der Waals surface area contributed by atoms with Crippen molar-refractivity contribution in [3.63, 3.8) is 0 Å². The van der Waals surface area contributed by atoms with E-state index in [0.717, 1.165) is 5.56 Å². The molecular weight excluding hydrogens is 560 g/mol. The number of hydrogen-bond donors (Lipinski definition) is 2. The minimum Gasteiger partial charge on any atom is -0.497 e. The Morgan fingerprint density at radius 1 is 1.12 bits per heavy atom. The molecule has 0 spiro atoms. The maximum absolute atomic E-state index is 14.0. The summed E-state index contributed by atoms with van der Waals surface area (Å²) < 4.78 is 40.0. The zero-order chi connectivity index (χ0) is 30.9. The molecule has 3 rings (SSSR count). The molecule has 2 N–H and O–H groups in total. The Kier molecular flexibility index (Phi) is 11.9. The number of methoxy groups -OCH3 is 1. The van der Waals surface area contributed by atoms with Crippen LogP contribution < -0.4 is 4.74 Å². The van der Waals surface area contributed by atoms with Crippen LogP contribution >= 0.6 is 0 Å². The minimum atomic E-state index is -4.11. The quantitative estimate of drug-likeness (QED) is 0.291. The average molecular weight is 605 g/mol. The molecule has 0 aromatic heterocycles. The first kappa shape index (κ1) is 33.5. The summed E-state index contributed by atoms with van der Waals surface area (Å²) in [6.45, 7) is 5.75. The predicted octanol–water partition coefficient (Wildman–Crippen LogP) is 4.21. The fourth-order valence-electron chi connectivity index (χ4n) is 5.43. The van der Waals surface area contributed by atoms with Gasteiger partial charge in [-0.2, -0.15) is 4.31 Å². The molecule has 232 valence electrons. The smallest absolute Gasteiger partial charge is 0.407 e. The number of hydrogen-bond acceptors (Lipinski definition) is 7. The molecule has 2 aromatic rings. The van der Waals surface area contributed by atoms with Crippen LogP contribution in [-0.2, 0) is 26.0 Å². The molecule has 0 unspecified atom stereocenters. The van der Waals surface area contributed by atoms with Crippen molar-refractivity contribution in [2.45, 2.75) is 76.0 Å². The Balaban J connectivity index is 1.98. The lowest BCUT2D eigenvalue weighted by Gasteiger charge is -2.39. The summed E-state index contributed by atoms with van der Waals surface area (Å²) >= 11 is 0. The summed E-state index contributed by atoms with van der Waals surface area (Å²) in [6, 6.07) is 13.9. The summed E-state index contributed by atoms with van der Waals surface area (Å²) in [5, 5.41) is 22.0. The normalized spacial score (nSPS) is 17.1. The number of aliphatic hydroxyl groups excluding tert-OH is 1. The lowest BCUT2D eigenvalue weighted by Crippen LogP contribution is -2.56. The van der Waals surface area contributed by atoms with E-state index in [0.29, 0.717) is 38.0 Å². The van der Waals surface area contributed by atoms with Gasteiger partial charge in [-0.3, -0.25) is 4.90 Å². The predicted molar refractivity (Wildman–Crippen MR) is 159 cm³/mol. The highest BCUT2D eigenvalue weighted by molar-refractivity contribution is 7.89. The number of rotatable bonds is 16. The lowest BCUT2D eigenvalue weighted by molar-refractivity contribution is -0.117. The van der Waals surface area contributed by atoms with Crippen LogP contribution in [0.1, 0.15) is 52.0 Å². The van der Waals surface area contributed by atoms with Crippen molar-refractivity contribution >= 4 is 21.9 Å². The molecule has 1 saturated heterocycles. The number of aliphatic hydroxyl groups is 1. The van der Waals surface area contributed by atoms with Gasteiger partial charge in [-0.05, 0) is 67.9 Å². The van der Waals surface area contributed by atoms with Crippen molar-refractivity contribution in [2.24, 2.45) is 5.41 Å². The monoisotopic (exact) mass is 604 g/mol. The number of carbonyl (C=O) groups excluding carboxylic acids is 1. The number of ketones is 1. The third-order valence-corrected chi connectivity index (χ3v) is 9.51. The van der Waals surface area contributed by atoms with Crippen molar-refractivity contribution in [1.82, 2.24) is 9.21 Å². The van der Waals surface area contributed by atoms with Gasteiger partial charge in [0.15, 0.2) is 0 Å². The Labute approximate surface area is 249 Å². The molecule has 0 saturated carbocycles. The Hall–Kier alpha value is -2.99. The SMILES string of the molecule is COc1ccc(S(=O)(=O)N(C[C@@H](O)[C@H](Cc2ccccc2)N(C(=O)O)[C@H]2CCOC2)CC(C)(C)CCCC(C)=O)cc1. The van der Waals surface area contributed by atoms with E-state index in [9.17, 15) is 28.2 Å². The number of amides is 1. The molecule has 1 amide bonds. The van der Waals surface area contributed by atoms with Gasteiger partial charge < -0.3 is 24.5 Å². The molecule has 3 atom stereocenters. The second-order valence-electron chi connectivity index (χ2n) is 11.7. The fourth-order valence-corrected chi connectivity index (χ4v) is 7.08. The zero-order valence-corrected chi connectivity index (χ0v) is 25.8. The second-order valence-corrected chi connectivity index (χ2v) is 13.7. The standard InChI is InChI=1S/C31H44N2O8S/c1-23(34)9-8-17-31(2,3)22-32(42(38,39)27-14-12-26(40-4)13-15-27)20-29(35)28(19-24-10-6-5-7-11-24)33(30(36)37)25-16-18-41-21-25/h5-7,10-15,25,28-29,35H,8-9,16-22H2,1-4H3,(H,36,37)/t25-,28-,29+/m0/s1. The van der Waals surface area contributed by atoms with Crippen LogP contribution in [0.15, 0.2) is 59.5 Å². The first-order chi connectivity index (χ1) is 19.8. The molecule has 0 radical (unpaired) electrons. The number of sulfonamides is 1. The highest BCUT2D eigenvalue weighted by Gasteiger charge is 2.40. The number of benzene rings is 2. The van der Waals surface area contributed by atoms with Crippen molar-refractivity contribution in [2.75, 3.05) is 33.4 Å². The molecule has 10 nitrogen and oxygen atoms in total. The second kappa shape index (κ2) is 15.0. The number of ether oxygens (including phenoxy) is 2. The molecule has 1 heterocycles. The number of carbonyl (C=O) groups is 2. The van der Waals surface area contributed by atoms with Gasteiger partial charge in [0.1, 0.15) is 11.5 Å². The van der Waals surface area contributed by atoms with Crippen LogP contribution in [0.5, 0.6) is 5.75 Å². The van der Waals surface area contributed by atoms with E-state index in [1.165, 1.54) is 35.4 Å². The Bertz CT molecular complexity index is 1260. The zero-order valence-electron chi connectivity index (χ0n) is 24.9. The van der Waals surface area contributed by atoms with Crippen LogP contribution in [0.25, 0.3) is 0 Å². The maximum atomic E-state index is 14.0. The molecular formula is C31H44N2O8S. The highest BCUT2D eigenvalue weighted by atomic mass is 32.2. The fraction of sp³-hybridized carbons (Fsp3) is 0.548. The van der Waals surface area contributed by atoms with Gasteiger partial charge in [0.05, 0.1) is 36.8 Å². The Morgan fingerprint density at radius 3 is 2.33 bits per heavy atom. The van der Waals surface area contributed by atoms with Crippen LogP contribution in [0.2, 0.25) is 0 Å². The van der Waals surface area contributed by atoms with Gasteiger partial charge in [0, 0.05) is 26.1 Å². The summed E-state index contributed by atoms with van der Waals surface area (Å²) in [5.41, 5.74) is 0.288. The number of Topliss-reactive ketones (excluding diaryl/α,β-unsaturated/α-hetero) is 1. The van der Waals surface area contributed by atoms with Gasteiger partial charge in [-0.15, -0.1) is 0 Å². The molecule has 0 bridgehead atoms. The molecule has 11 heteroatoms. The summed E-state index contributed by atoms with van der Waals surface area (Å²) in [5.74, 6) is 0.571. The van der Waals surface area contributed by atoms with E-state index >= 15 is 0 Å². The maximum Gasteiger partial charge on any atom is 0.407 e. The van der Waals surface area contributed by atoms with Crippen LogP contribution in [0.4, 0.5) is 4.79 Å².